The molecule has 0 aliphatic heterocycles. The summed E-state index contributed by atoms with van der Waals surface area (Å²) in [7, 11) is 0. The first-order valence-corrected chi connectivity index (χ1v) is 6.68. The molecule has 0 aromatic heterocycles. The normalized spacial score (nSPS) is 14.3. The number of hydrogen-bond acceptors (Lipinski definition) is 1. The minimum atomic E-state index is -0.189. The first-order chi connectivity index (χ1) is 8.40. The molecule has 0 atom stereocenters. The van der Waals surface area contributed by atoms with E-state index in [2.05, 4.69) is 11.9 Å². The van der Waals surface area contributed by atoms with Gasteiger partial charge in [0, 0.05) is 11.8 Å². The van der Waals surface area contributed by atoms with E-state index in [0.29, 0.717) is 5.56 Å². The maximum atomic E-state index is 13.1. The Bertz CT molecular complexity index is 427. The summed E-state index contributed by atoms with van der Waals surface area (Å²) in [6.45, 7) is 9.81. The fraction of sp³-hybridized carbons (Fsp3) is 0.562. The van der Waals surface area contributed by atoms with Crippen molar-refractivity contribution < 1.29 is 4.39 Å². The number of aryl methyl sites for hydroxylation is 2. The van der Waals surface area contributed by atoms with Gasteiger partial charge in [-0.15, -0.1) is 0 Å². The molecule has 0 unspecified atom stereocenters. The molecule has 100 valence electrons. The van der Waals surface area contributed by atoms with Crippen molar-refractivity contribution in [1.29, 1.82) is 0 Å². The smallest absolute Gasteiger partial charge is 0.128 e. The Morgan fingerprint density at radius 1 is 1.17 bits per heavy atom. The van der Waals surface area contributed by atoms with E-state index in [1.165, 1.54) is 25.3 Å². The summed E-state index contributed by atoms with van der Waals surface area (Å²) in [6.07, 6.45) is 4.46. The van der Waals surface area contributed by atoms with Gasteiger partial charge in [-0.1, -0.05) is 32.3 Å². The molecule has 0 radical (unpaired) electrons. The van der Waals surface area contributed by atoms with Crippen LogP contribution in [-0.2, 0) is 0 Å². The van der Waals surface area contributed by atoms with E-state index >= 15 is 0 Å². The van der Waals surface area contributed by atoms with Crippen LogP contribution < -0.4 is 0 Å². The Morgan fingerprint density at radius 2 is 1.72 bits per heavy atom. The summed E-state index contributed by atoms with van der Waals surface area (Å²) in [5.74, 6) is 0.876. The lowest BCUT2D eigenvalue weighted by atomic mass is 9.88. The fourth-order valence-electron chi connectivity index (χ4n) is 1.79. The summed E-state index contributed by atoms with van der Waals surface area (Å²) < 4.78 is 13.1. The van der Waals surface area contributed by atoms with Gasteiger partial charge in [0.2, 0.25) is 0 Å². The van der Waals surface area contributed by atoms with Crippen molar-refractivity contribution in [3.63, 3.8) is 0 Å². The lowest BCUT2D eigenvalue weighted by Crippen LogP contribution is -2.04. The predicted molar refractivity (Wildman–Crippen MR) is 77.3 cm³/mol. The van der Waals surface area contributed by atoms with Gasteiger partial charge in [-0.2, -0.15) is 0 Å². The van der Waals surface area contributed by atoms with Gasteiger partial charge in [-0.25, -0.2) is 4.39 Å². The van der Waals surface area contributed by atoms with Crippen LogP contribution in [0.3, 0.4) is 0 Å². The molecule has 0 N–H and O–H groups in total. The molecule has 1 saturated carbocycles. The van der Waals surface area contributed by atoms with Crippen LogP contribution in [0.15, 0.2) is 17.1 Å². The zero-order chi connectivity index (χ0) is 13.7. The molecule has 0 spiro atoms. The van der Waals surface area contributed by atoms with Gasteiger partial charge >= 0.3 is 0 Å². The highest BCUT2D eigenvalue weighted by Crippen LogP contribution is 2.24. The van der Waals surface area contributed by atoms with Crippen LogP contribution in [0.4, 0.5) is 10.1 Å². The molecule has 2 rings (SSSR count). The summed E-state index contributed by atoms with van der Waals surface area (Å²) in [6, 6.07) is 3.30. The highest BCUT2D eigenvalue weighted by molar-refractivity contribution is 5.82. The number of nitrogens with zero attached hydrogens (tertiary/aromatic N) is 1. The predicted octanol–water partition coefficient (Wildman–Crippen LogP) is 5.36. The molecule has 0 amide bonds. The first kappa shape index (κ1) is 14.9. The summed E-state index contributed by atoms with van der Waals surface area (Å²) in [4.78, 5) is 4.24. The molecule has 1 aliphatic rings. The third-order valence-electron chi connectivity index (χ3n) is 3.22. The third kappa shape index (κ3) is 4.59. The maximum absolute atomic E-state index is 13.1. The minimum absolute atomic E-state index is 0.189. The van der Waals surface area contributed by atoms with Crippen LogP contribution >= 0.6 is 0 Å². The lowest BCUT2D eigenvalue weighted by Gasteiger charge is -2.18. The van der Waals surface area contributed by atoms with Gasteiger partial charge in [0.05, 0.1) is 5.69 Å². The Kier molecular flexibility index (Phi) is 5.52. The van der Waals surface area contributed by atoms with E-state index in [4.69, 9.17) is 0 Å². The average Bonchev–Trinajstić information content (AvgIpc) is 2.23. The number of hydrogen-bond donors (Lipinski definition) is 0. The molecule has 2 heteroatoms. The summed E-state index contributed by atoms with van der Waals surface area (Å²) in [5, 5.41) is 0. The van der Waals surface area contributed by atoms with Gasteiger partial charge in [0.15, 0.2) is 0 Å². The third-order valence-corrected chi connectivity index (χ3v) is 3.22. The van der Waals surface area contributed by atoms with Crippen molar-refractivity contribution in [1.82, 2.24) is 0 Å². The van der Waals surface area contributed by atoms with Crippen LogP contribution in [0.25, 0.3) is 0 Å². The highest BCUT2D eigenvalue weighted by Gasteiger charge is 2.09. The quantitative estimate of drug-likeness (QED) is 0.594. The van der Waals surface area contributed by atoms with Crippen LogP contribution in [0, 0.1) is 25.6 Å². The molecule has 1 aliphatic carbocycles. The second-order valence-electron chi connectivity index (χ2n) is 5.48. The molecule has 18 heavy (non-hydrogen) atoms. The molecule has 0 saturated heterocycles. The minimum Gasteiger partial charge on any atom is -0.258 e. The zero-order valence-electron chi connectivity index (χ0n) is 12.2. The second kappa shape index (κ2) is 6.67. The standard InChI is InChI=1S/C11H14FN.C5H10/c1-7(2)13-11-6-10(12)8(3)5-9(11)4;1-5-3-2-4-5/h5-6H,1-4H3;5H,2-4H2,1H3. The van der Waals surface area contributed by atoms with Gasteiger partial charge in [-0.3, -0.25) is 4.99 Å². The first-order valence-electron chi connectivity index (χ1n) is 6.68. The molecule has 1 fully saturated rings. The maximum Gasteiger partial charge on any atom is 0.128 e. The molecule has 1 nitrogen and oxygen atoms in total. The van der Waals surface area contributed by atoms with E-state index in [1.807, 2.05) is 26.8 Å². The molecule has 0 heterocycles. The Labute approximate surface area is 110 Å². The van der Waals surface area contributed by atoms with Crippen LogP contribution in [0.1, 0.15) is 51.2 Å². The Balaban J connectivity index is 0.000000269. The van der Waals surface area contributed by atoms with Gasteiger partial charge in [-0.05, 0) is 44.7 Å². The van der Waals surface area contributed by atoms with Crippen LogP contribution in [0.5, 0.6) is 0 Å². The van der Waals surface area contributed by atoms with E-state index in [0.717, 1.165) is 22.9 Å². The number of halogens is 1. The number of benzene rings is 1. The van der Waals surface area contributed by atoms with Crippen molar-refractivity contribution in [3.05, 3.63) is 29.1 Å². The number of aliphatic imine (C=N–C) groups is 1. The summed E-state index contributed by atoms with van der Waals surface area (Å²) >= 11 is 0. The van der Waals surface area contributed by atoms with Gasteiger partial charge in [0.25, 0.3) is 0 Å². The molecule has 0 bridgehead atoms. The molecule has 1 aromatic rings. The molecular weight excluding hydrogens is 225 g/mol. The molecular formula is C16H24FN. The Morgan fingerprint density at radius 3 is 2.11 bits per heavy atom. The van der Waals surface area contributed by atoms with Gasteiger partial charge in [0.1, 0.15) is 5.82 Å². The van der Waals surface area contributed by atoms with Crippen molar-refractivity contribution >= 4 is 11.4 Å². The van der Waals surface area contributed by atoms with E-state index in [-0.39, 0.29) is 5.82 Å². The lowest BCUT2D eigenvalue weighted by molar-refractivity contribution is 0.346. The Hall–Kier alpha value is -1.18. The van der Waals surface area contributed by atoms with Crippen LogP contribution in [0.2, 0.25) is 0 Å². The van der Waals surface area contributed by atoms with Crippen molar-refractivity contribution in [2.75, 3.05) is 0 Å². The largest absolute Gasteiger partial charge is 0.258 e. The SMILES string of the molecule is CC(C)=Nc1cc(F)c(C)cc1C.CC1CCC1. The van der Waals surface area contributed by atoms with Crippen LogP contribution in [-0.4, -0.2) is 5.71 Å². The second-order valence-corrected chi connectivity index (χ2v) is 5.48. The fourth-order valence-corrected chi connectivity index (χ4v) is 1.79. The number of rotatable bonds is 1. The van der Waals surface area contributed by atoms with Crippen molar-refractivity contribution in [3.8, 4) is 0 Å². The van der Waals surface area contributed by atoms with E-state index in [9.17, 15) is 4.39 Å². The molecule has 1 aromatic carbocycles. The monoisotopic (exact) mass is 249 g/mol. The van der Waals surface area contributed by atoms with Crippen molar-refractivity contribution in [2.24, 2.45) is 10.9 Å². The summed E-state index contributed by atoms with van der Waals surface area (Å²) in [5.41, 5.74) is 3.35. The highest BCUT2D eigenvalue weighted by atomic mass is 19.1. The zero-order valence-corrected chi connectivity index (χ0v) is 12.2. The average molecular weight is 249 g/mol. The van der Waals surface area contributed by atoms with Gasteiger partial charge < -0.3 is 0 Å². The van der Waals surface area contributed by atoms with E-state index in [1.54, 1.807) is 6.92 Å². The van der Waals surface area contributed by atoms with E-state index < -0.39 is 0 Å². The topological polar surface area (TPSA) is 12.4 Å². The van der Waals surface area contributed by atoms with Crippen molar-refractivity contribution in [2.45, 2.75) is 53.9 Å².